The van der Waals surface area contributed by atoms with Crippen molar-refractivity contribution < 1.29 is 18.8 Å². The van der Waals surface area contributed by atoms with Crippen LogP contribution >= 0.6 is 15.9 Å². The maximum Gasteiger partial charge on any atom is 0.291 e. The second-order valence-electron chi connectivity index (χ2n) is 7.19. The van der Waals surface area contributed by atoms with Crippen molar-refractivity contribution in [1.29, 1.82) is 0 Å². The van der Waals surface area contributed by atoms with E-state index in [2.05, 4.69) is 31.9 Å². The van der Waals surface area contributed by atoms with Crippen molar-refractivity contribution in [2.24, 2.45) is 0 Å². The van der Waals surface area contributed by atoms with Crippen LogP contribution in [0, 0.1) is 0 Å². The Morgan fingerprint density at radius 1 is 0.839 bits per heavy atom. The molecule has 0 aliphatic carbocycles. The van der Waals surface area contributed by atoms with Crippen molar-refractivity contribution in [3.63, 3.8) is 0 Å². The normalized spacial score (nSPS) is 10.6. The van der Waals surface area contributed by atoms with E-state index in [1.807, 2.05) is 13.8 Å². The lowest BCUT2D eigenvalue weighted by Crippen LogP contribution is -2.30. The summed E-state index contributed by atoms with van der Waals surface area (Å²) in [5, 5.41) is 8.36. The van der Waals surface area contributed by atoms with Gasteiger partial charge in [0, 0.05) is 23.0 Å². The highest BCUT2D eigenvalue weighted by Gasteiger charge is 2.11. The van der Waals surface area contributed by atoms with Gasteiger partial charge in [0.2, 0.25) is 5.91 Å². The average Bonchev–Trinajstić information content (AvgIpc) is 3.16. The number of anilines is 2. The van der Waals surface area contributed by atoms with Gasteiger partial charge in [-0.1, -0.05) is 12.1 Å². The average molecular weight is 484 g/mol. The molecule has 1 heterocycles. The van der Waals surface area contributed by atoms with E-state index in [4.69, 9.17) is 4.42 Å². The van der Waals surface area contributed by atoms with E-state index in [1.165, 1.54) is 0 Å². The Balaban J connectivity index is 1.52. The number of benzene rings is 2. The molecule has 160 valence electrons. The van der Waals surface area contributed by atoms with Crippen LogP contribution < -0.4 is 16.0 Å². The van der Waals surface area contributed by atoms with Gasteiger partial charge in [-0.05, 0) is 83.9 Å². The standard InChI is InChI=1S/C23H22BrN3O4/c1-14(2)25-22(29)16-5-9-17(10-6-16)26-21(28)13-15-3-7-18(8-4-15)27-23(30)19-11-12-20(24)31-19/h3-12,14H,13H2,1-2H3,(H,25,29)(H,26,28)(H,27,30). The van der Waals surface area contributed by atoms with Crippen molar-refractivity contribution in [3.05, 3.63) is 82.2 Å². The summed E-state index contributed by atoms with van der Waals surface area (Å²) >= 11 is 3.16. The number of rotatable bonds is 7. The molecule has 0 aliphatic rings. The van der Waals surface area contributed by atoms with Crippen molar-refractivity contribution in [2.75, 3.05) is 10.6 Å². The summed E-state index contributed by atoms with van der Waals surface area (Å²) < 4.78 is 5.70. The topological polar surface area (TPSA) is 100 Å². The van der Waals surface area contributed by atoms with Crippen LogP contribution in [0.15, 0.2) is 69.8 Å². The first kappa shape index (κ1) is 22.3. The number of furan rings is 1. The van der Waals surface area contributed by atoms with Gasteiger partial charge in [0.15, 0.2) is 10.4 Å². The third-order valence-corrected chi connectivity index (χ3v) is 4.65. The SMILES string of the molecule is CC(C)NC(=O)c1ccc(NC(=O)Cc2ccc(NC(=O)c3ccc(Br)o3)cc2)cc1. The first-order valence-corrected chi connectivity index (χ1v) is 10.5. The number of halogens is 1. The minimum Gasteiger partial charge on any atom is -0.444 e. The van der Waals surface area contributed by atoms with Crippen LogP contribution in [0.5, 0.6) is 0 Å². The predicted molar refractivity (Wildman–Crippen MR) is 122 cm³/mol. The summed E-state index contributed by atoms with van der Waals surface area (Å²) in [7, 11) is 0. The fraction of sp³-hybridized carbons (Fsp3) is 0.174. The molecule has 3 amide bonds. The molecule has 7 nitrogen and oxygen atoms in total. The second-order valence-corrected chi connectivity index (χ2v) is 7.97. The van der Waals surface area contributed by atoms with Gasteiger partial charge in [0.25, 0.3) is 11.8 Å². The minimum atomic E-state index is -0.360. The number of hydrogen-bond acceptors (Lipinski definition) is 4. The van der Waals surface area contributed by atoms with Crippen LogP contribution in [0.25, 0.3) is 0 Å². The van der Waals surface area contributed by atoms with Crippen LogP contribution in [0.4, 0.5) is 11.4 Å². The lowest BCUT2D eigenvalue weighted by atomic mass is 10.1. The minimum absolute atomic E-state index is 0.0545. The van der Waals surface area contributed by atoms with E-state index >= 15 is 0 Å². The highest BCUT2D eigenvalue weighted by Crippen LogP contribution is 2.17. The first-order chi connectivity index (χ1) is 14.8. The summed E-state index contributed by atoms with van der Waals surface area (Å²) in [6.45, 7) is 3.79. The van der Waals surface area contributed by atoms with Crippen molar-refractivity contribution in [1.82, 2.24) is 5.32 Å². The van der Waals surface area contributed by atoms with Crippen LogP contribution in [0.1, 0.15) is 40.3 Å². The summed E-state index contributed by atoms with van der Waals surface area (Å²) in [6, 6.07) is 17.0. The van der Waals surface area contributed by atoms with Crippen LogP contribution in [0.3, 0.4) is 0 Å². The zero-order valence-electron chi connectivity index (χ0n) is 17.1. The quantitative estimate of drug-likeness (QED) is 0.456. The molecule has 0 bridgehead atoms. The highest BCUT2D eigenvalue weighted by molar-refractivity contribution is 9.10. The maximum absolute atomic E-state index is 12.3. The van der Waals surface area contributed by atoms with E-state index in [0.717, 1.165) is 5.56 Å². The fourth-order valence-corrected chi connectivity index (χ4v) is 3.08. The molecular weight excluding hydrogens is 462 g/mol. The van der Waals surface area contributed by atoms with Crippen molar-refractivity contribution in [2.45, 2.75) is 26.3 Å². The monoisotopic (exact) mass is 483 g/mol. The Morgan fingerprint density at radius 3 is 2.03 bits per heavy atom. The molecule has 3 rings (SSSR count). The molecule has 0 saturated carbocycles. The van der Waals surface area contributed by atoms with Gasteiger partial charge >= 0.3 is 0 Å². The Bertz CT molecular complexity index is 1070. The molecule has 0 unspecified atom stereocenters. The molecule has 1 aromatic heterocycles. The number of hydrogen-bond donors (Lipinski definition) is 3. The highest BCUT2D eigenvalue weighted by atomic mass is 79.9. The van der Waals surface area contributed by atoms with Gasteiger partial charge in [0.1, 0.15) is 0 Å². The Morgan fingerprint density at radius 2 is 1.45 bits per heavy atom. The molecule has 0 atom stereocenters. The van der Waals surface area contributed by atoms with Gasteiger partial charge < -0.3 is 20.4 Å². The zero-order valence-corrected chi connectivity index (χ0v) is 18.7. The van der Waals surface area contributed by atoms with Gasteiger partial charge in [-0.25, -0.2) is 0 Å². The molecule has 8 heteroatoms. The molecule has 0 saturated heterocycles. The van der Waals surface area contributed by atoms with Crippen LogP contribution in [-0.4, -0.2) is 23.8 Å². The molecule has 31 heavy (non-hydrogen) atoms. The number of amides is 3. The van der Waals surface area contributed by atoms with Crippen LogP contribution in [0.2, 0.25) is 0 Å². The van der Waals surface area contributed by atoms with E-state index in [0.29, 0.717) is 21.6 Å². The second kappa shape index (κ2) is 10.1. The molecular formula is C23H22BrN3O4. The third kappa shape index (κ3) is 6.55. The number of nitrogens with one attached hydrogen (secondary N) is 3. The van der Waals surface area contributed by atoms with Crippen molar-refractivity contribution >= 4 is 45.0 Å². The molecule has 0 radical (unpaired) electrons. The number of carbonyl (C=O) groups is 3. The molecule has 3 N–H and O–H groups in total. The van der Waals surface area contributed by atoms with E-state index in [1.54, 1.807) is 60.7 Å². The smallest absolute Gasteiger partial charge is 0.291 e. The summed E-state index contributed by atoms with van der Waals surface area (Å²) in [6.07, 6.45) is 0.176. The lowest BCUT2D eigenvalue weighted by Gasteiger charge is -2.10. The fourth-order valence-electron chi connectivity index (χ4n) is 2.78. The van der Waals surface area contributed by atoms with Gasteiger partial charge in [-0.2, -0.15) is 0 Å². The maximum atomic E-state index is 12.3. The first-order valence-electron chi connectivity index (χ1n) is 9.66. The summed E-state index contributed by atoms with van der Waals surface area (Å²) in [4.78, 5) is 36.4. The van der Waals surface area contributed by atoms with Gasteiger partial charge in [-0.15, -0.1) is 0 Å². The van der Waals surface area contributed by atoms with Gasteiger partial charge in [-0.3, -0.25) is 14.4 Å². The van der Waals surface area contributed by atoms with Crippen LogP contribution in [-0.2, 0) is 11.2 Å². The van der Waals surface area contributed by atoms with E-state index < -0.39 is 0 Å². The van der Waals surface area contributed by atoms with E-state index in [9.17, 15) is 14.4 Å². The Labute approximate surface area is 188 Å². The third-order valence-electron chi connectivity index (χ3n) is 4.22. The molecule has 2 aromatic carbocycles. The molecule has 0 fully saturated rings. The van der Waals surface area contributed by atoms with Gasteiger partial charge in [0.05, 0.1) is 6.42 Å². The number of carbonyl (C=O) groups excluding carboxylic acids is 3. The predicted octanol–water partition coefficient (Wildman–Crippen LogP) is 4.61. The Kier molecular flexibility index (Phi) is 7.25. The zero-order chi connectivity index (χ0) is 22.4. The Hall–Kier alpha value is -3.39. The summed E-state index contributed by atoms with van der Waals surface area (Å²) in [5.41, 5.74) is 2.53. The molecule has 0 spiro atoms. The lowest BCUT2D eigenvalue weighted by molar-refractivity contribution is -0.115. The van der Waals surface area contributed by atoms with E-state index in [-0.39, 0.29) is 35.9 Å². The molecule has 0 aliphatic heterocycles. The molecule has 3 aromatic rings. The summed E-state index contributed by atoms with van der Waals surface area (Å²) in [5.74, 6) is -0.499. The van der Waals surface area contributed by atoms with Crippen molar-refractivity contribution in [3.8, 4) is 0 Å². The largest absolute Gasteiger partial charge is 0.444 e.